The first-order valence-electron chi connectivity index (χ1n) is 6.84. The SMILES string of the molecule is CC(C)(Oc1ccc2nc(-c3ccccc3)oc2c1)C(=O)O. The monoisotopic (exact) mass is 297 g/mol. The normalized spacial score (nSPS) is 11.5. The molecule has 0 spiro atoms. The van der Waals surface area contributed by atoms with Gasteiger partial charge in [0.1, 0.15) is 11.3 Å². The van der Waals surface area contributed by atoms with E-state index in [0.29, 0.717) is 22.7 Å². The molecule has 5 heteroatoms. The van der Waals surface area contributed by atoms with E-state index in [1.54, 1.807) is 18.2 Å². The third-order valence-electron chi connectivity index (χ3n) is 3.27. The molecule has 0 bridgehead atoms. The highest BCUT2D eigenvalue weighted by Gasteiger charge is 2.29. The Balaban J connectivity index is 1.96. The van der Waals surface area contributed by atoms with Gasteiger partial charge in [-0.25, -0.2) is 9.78 Å². The third-order valence-corrected chi connectivity index (χ3v) is 3.27. The largest absolute Gasteiger partial charge is 0.478 e. The van der Waals surface area contributed by atoms with Crippen LogP contribution in [0.5, 0.6) is 5.75 Å². The Morgan fingerprint density at radius 3 is 2.59 bits per heavy atom. The summed E-state index contributed by atoms with van der Waals surface area (Å²) in [6.45, 7) is 2.99. The molecular formula is C17H15NO4. The zero-order valence-electron chi connectivity index (χ0n) is 12.2. The zero-order chi connectivity index (χ0) is 15.7. The molecule has 0 aliphatic rings. The number of carboxylic acids is 1. The minimum atomic E-state index is -1.31. The summed E-state index contributed by atoms with van der Waals surface area (Å²) in [7, 11) is 0. The van der Waals surface area contributed by atoms with Gasteiger partial charge in [-0.05, 0) is 38.1 Å². The summed E-state index contributed by atoms with van der Waals surface area (Å²) in [6.07, 6.45) is 0. The molecule has 3 aromatic rings. The molecule has 0 saturated carbocycles. The predicted octanol–water partition coefficient (Wildman–Crippen LogP) is 3.74. The van der Waals surface area contributed by atoms with Crippen molar-refractivity contribution >= 4 is 17.1 Å². The average Bonchev–Trinajstić information content (AvgIpc) is 2.91. The standard InChI is InChI=1S/C17H15NO4/c1-17(2,16(19)20)22-12-8-9-13-14(10-12)21-15(18-13)11-6-4-3-5-7-11/h3-10H,1-2H3,(H,19,20). The molecule has 0 atom stereocenters. The van der Waals surface area contributed by atoms with Gasteiger partial charge in [0, 0.05) is 11.6 Å². The minimum Gasteiger partial charge on any atom is -0.478 e. The lowest BCUT2D eigenvalue weighted by atomic mass is 10.1. The number of carbonyl (C=O) groups is 1. The Labute approximate surface area is 127 Å². The second-order valence-corrected chi connectivity index (χ2v) is 5.43. The number of rotatable bonds is 4. The van der Waals surface area contributed by atoms with Crippen LogP contribution in [0, 0.1) is 0 Å². The van der Waals surface area contributed by atoms with Crippen LogP contribution in [0.25, 0.3) is 22.6 Å². The Morgan fingerprint density at radius 2 is 1.91 bits per heavy atom. The van der Waals surface area contributed by atoms with E-state index in [2.05, 4.69) is 4.98 Å². The highest BCUT2D eigenvalue weighted by molar-refractivity contribution is 5.79. The molecule has 0 aliphatic heterocycles. The van der Waals surface area contributed by atoms with Crippen molar-refractivity contribution in [1.82, 2.24) is 4.98 Å². The van der Waals surface area contributed by atoms with Gasteiger partial charge in [0.2, 0.25) is 5.89 Å². The number of ether oxygens (including phenoxy) is 1. The first-order valence-corrected chi connectivity index (χ1v) is 6.84. The number of aliphatic carboxylic acids is 1. The predicted molar refractivity (Wildman–Crippen MR) is 81.8 cm³/mol. The molecule has 0 amide bonds. The van der Waals surface area contributed by atoms with E-state index < -0.39 is 11.6 Å². The van der Waals surface area contributed by atoms with Crippen LogP contribution in [0.3, 0.4) is 0 Å². The zero-order valence-corrected chi connectivity index (χ0v) is 12.2. The van der Waals surface area contributed by atoms with Crippen molar-refractivity contribution in [2.45, 2.75) is 19.4 Å². The Morgan fingerprint density at radius 1 is 1.18 bits per heavy atom. The van der Waals surface area contributed by atoms with Crippen LogP contribution in [0.15, 0.2) is 52.9 Å². The molecule has 2 aromatic carbocycles. The van der Waals surface area contributed by atoms with E-state index >= 15 is 0 Å². The fourth-order valence-electron chi connectivity index (χ4n) is 2.01. The quantitative estimate of drug-likeness (QED) is 0.794. The van der Waals surface area contributed by atoms with Crippen molar-refractivity contribution in [3.05, 3.63) is 48.5 Å². The summed E-state index contributed by atoms with van der Waals surface area (Å²) in [6, 6.07) is 14.7. The van der Waals surface area contributed by atoms with Crippen LogP contribution < -0.4 is 4.74 Å². The van der Waals surface area contributed by atoms with E-state index in [4.69, 9.17) is 14.3 Å². The van der Waals surface area contributed by atoms with E-state index in [9.17, 15) is 4.79 Å². The molecule has 112 valence electrons. The summed E-state index contributed by atoms with van der Waals surface area (Å²) in [5, 5.41) is 9.11. The van der Waals surface area contributed by atoms with Gasteiger partial charge in [-0.1, -0.05) is 18.2 Å². The molecule has 22 heavy (non-hydrogen) atoms. The number of benzene rings is 2. The number of carboxylic acid groups (broad SMARTS) is 1. The summed E-state index contributed by atoms with van der Waals surface area (Å²) >= 11 is 0. The third kappa shape index (κ3) is 2.65. The van der Waals surface area contributed by atoms with Crippen molar-refractivity contribution in [3.8, 4) is 17.2 Å². The molecule has 1 aromatic heterocycles. The summed E-state index contributed by atoms with van der Waals surface area (Å²) in [4.78, 5) is 15.5. The average molecular weight is 297 g/mol. The van der Waals surface area contributed by atoms with Gasteiger partial charge in [-0.15, -0.1) is 0 Å². The fourth-order valence-corrected chi connectivity index (χ4v) is 2.01. The van der Waals surface area contributed by atoms with Crippen molar-refractivity contribution < 1.29 is 19.1 Å². The number of aromatic nitrogens is 1. The lowest BCUT2D eigenvalue weighted by Crippen LogP contribution is -2.37. The highest BCUT2D eigenvalue weighted by atomic mass is 16.5. The van der Waals surface area contributed by atoms with Crippen molar-refractivity contribution in [3.63, 3.8) is 0 Å². The van der Waals surface area contributed by atoms with Crippen LogP contribution in [-0.2, 0) is 4.79 Å². The van der Waals surface area contributed by atoms with Gasteiger partial charge < -0.3 is 14.3 Å². The topological polar surface area (TPSA) is 72.6 Å². The van der Waals surface area contributed by atoms with Gasteiger partial charge >= 0.3 is 5.97 Å². The molecule has 1 heterocycles. The summed E-state index contributed by atoms with van der Waals surface area (Å²) < 4.78 is 11.2. The fraction of sp³-hybridized carbons (Fsp3) is 0.176. The maximum atomic E-state index is 11.1. The molecule has 0 aliphatic carbocycles. The van der Waals surface area contributed by atoms with Crippen LogP contribution in [0.1, 0.15) is 13.8 Å². The second-order valence-electron chi connectivity index (χ2n) is 5.43. The molecule has 5 nitrogen and oxygen atoms in total. The second kappa shape index (κ2) is 5.18. The minimum absolute atomic E-state index is 0.427. The van der Waals surface area contributed by atoms with E-state index in [1.807, 2.05) is 30.3 Å². The Bertz CT molecular complexity index is 821. The first-order chi connectivity index (χ1) is 10.5. The van der Waals surface area contributed by atoms with Crippen LogP contribution in [0.4, 0.5) is 0 Å². The maximum Gasteiger partial charge on any atom is 0.347 e. The number of fused-ring (bicyclic) bond motifs is 1. The van der Waals surface area contributed by atoms with Crippen LogP contribution in [-0.4, -0.2) is 21.7 Å². The van der Waals surface area contributed by atoms with Crippen LogP contribution >= 0.6 is 0 Å². The van der Waals surface area contributed by atoms with Gasteiger partial charge in [0.15, 0.2) is 11.2 Å². The van der Waals surface area contributed by atoms with Gasteiger partial charge in [0.05, 0.1) is 0 Å². The lowest BCUT2D eigenvalue weighted by molar-refractivity contribution is -0.152. The van der Waals surface area contributed by atoms with Crippen LogP contribution in [0.2, 0.25) is 0 Å². The highest BCUT2D eigenvalue weighted by Crippen LogP contribution is 2.28. The van der Waals surface area contributed by atoms with E-state index in [0.717, 1.165) is 5.56 Å². The molecule has 3 rings (SSSR count). The van der Waals surface area contributed by atoms with Gasteiger partial charge in [0.25, 0.3) is 0 Å². The summed E-state index contributed by atoms with van der Waals surface area (Å²) in [5.41, 5.74) is 0.819. The molecular weight excluding hydrogens is 282 g/mol. The molecule has 0 fully saturated rings. The first kappa shape index (κ1) is 14.1. The number of oxazole rings is 1. The molecule has 1 N–H and O–H groups in total. The van der Waals surface area contributed by atoms with E-state index in [1.165, 1.54) is 13.8 Å². The smallest absolute Gasteiger partial charge is 0.347 e. The number of hydrogen-bond acceptors (Lipinski definition) is 4. The summed E-state index contributed by atoms with van der Waals surface area (Å²) in [5.74, 6) is -0.0870. The number of hydrogen-bond donors (Lipinski definition) is 1. The lowest BCUT2D eigenvalue weighted by Gasteiger charge is -2.21. The molecule has 0 unspecified atom stereocenters. The Kier molecular flexibility index (Phi) is 3.33. The molecule has 0 radical (unpaired) electrons. The van der Waals surface area contributed by atoms with Crippen molar-refractivity contribution in [2.24, 2.45) is 0 Å². The van der Waals surface area contributed by atoms with E-state index in [-0.39, 0.29) is 0 Å². The number of nitrogens with zero attached hydrogens (tertiary/aromatic N) is 1. The Hall–Kier alpha value is -2.82. The van der Waals surface area contributed by atoms with Gasteiger partial charge in [-0.2, -0.15) is 0 Å². The maximum absolute atomic E-state index is 11.1. The molecule has 0 saturated heterocycles. The van der Waals surface area contributed by atoms with Crippen molar-refractivity contribution in [1.29, 1.82) is 0 Å². The van der Waals surface area contributed by atoms with Crippen molar-refractivity contribution in [2.75, 3.05) is 0 Å². The van der Waals surface area contributed by atoms with Gasteiger partial charge in [-0.3, -0.25) is 0 Å².